The molecule has 1 amide bonds. The molecule has 0 aromatic heterocycles. The number of amides is 1. The molecule has 1 rings (SSSR count). The number of nitrogens with one attached hydrogen (secondary N) is 1. The van der Waals surface area contributed by atoms with E-state index in [0.717, 1.165) is 5.56 Å². The second-order valence-corrected chi connectivity index (χ2v) is 4.80. The Morgan fingerprint density at radius 1 is 1.30 bits per heavy atom. The lowest BCUT2D eigenvalue weighted by Gasteiger charge is -2.13. The first-order valence-electron chi connectivity index (χ1n) is 6.44. The number of benzene rings is 1. The summed E-state index contributed by atoms with van der Waals surface area (Å²) < 4.78 is 0. The van der Waals surface area contributed by atoms with E-state index < -0.39 is 17.9 Å². The first-order chi connectivity index (χ1) is 9.40. The SMILES string of the molecule is CC(CCNC(=O)[C@H](N)Cc1ccc(O)cc1)C(=O)O. The molecule has 0 aliphatic heterocycles. The van der Waals surface area contributed by atoms with Gasteiger partial charge in [0.2, 0.25) is 5.91 Å². The first kappa shape index (κ1) is 16.0. The number of carboxylic acids is 1. The maximum Gasteiger partial charge on any atom is 0.306 e. The van der Waals surface area contributed by atoms with Crippen molar-refractivity contribution in [3.8, 4) is 5.75 Å². The average molecular weight is 280 g/mol. The van der Waals surface area contributed by atoms with Gasteiger partial charge >= 0.3 is 5.97 Å². The summed E-state index contributed by atoms with van der Waals surface area (Å²) in [5, 5.41) is 20.5. The number of carbonyl (C=O) groups is 2. The highest BCUT2D eigenvalue weighted by Gasteiger charge is 2.15. The quantitative estimate of drug-likeness (QED) is 0.580. The second-order valence-electron chi connectivity index (χ2n) is 4.80. The van der Waals surface area contributed by atoms with Gasteiger partial charge in [-0.3, -0.25) is 9.59 Å². The summed E-state index contributed by atoms with van der Waals surface area (Å²) in [5.41, 5.74) is 6.62. The van der Waals surface area contributed by atoms with Crippen molar-refractivity contribution in [1.29, 1.82) is 0 Å². The van der Waals surface area contributed by atoms with Gasteiger partial charge in [0, 0.05) is 6.54 Å². The predicted octanol–water partition coefficient (Wildman–Crippen LogP) is 0.489. The molecule has 6 heteroatoms. The Hall–Kier alpha value is -2.08. The van der Waals surface area contributed by atoms with Crippen molar-refractivity contribution in [3.63, 3.8) is 0 Å². The average Bonchev–Trinajstić information content (AvgIpc) is 2.40. The van der Waals surface area contributed by atoms with Gasteiger partial charge in [0.1, 0.15) is 5.75 Å². The van der Waals surface area contributed by atoms with Crippen LogP contribution < -0.4 is 11.1 Å². The molecule has 0 radical (unpaired) electrons. The number of aromatic hydroxyl groups is 1. The summed E-state index contributed by atoms with van der Waals surface area (Å²) >= 11 is 0. The molecule has 1 unspecified atom stereocenters. The minimum absolute atomic E-state index is 0.162. The zero-order chi connectivity index (χ0) is 15.1. The van der Waals surface area contributed by atoms with Gasteiger partial charge in [-0.05, 0) is 30.5 Å². The summed E-state index contributed by atoms with van der Waals surface area (Å²) in [4.78, 5) is 22.4. The van der Waals surface area contributed by atoms with Crippen LogP contribution in [0.15, 0.2) is 24.3 Å². The Balaban J connectivity index is 2.35. The monoisotopic (exact) mass is 280 g/mol. The number of nitrogens with two attached hydrogens (primary N) is 1. The summed E-state index contributed by atoms with van der Waals surface area (Å²) in [7, 11) is 0. The number of rotatable bonds is 7. The van der Waals surface area contributed by atoms with Crippen LogP contribution in [-0.2, 0) is 16.0 Å². The van der Waals surface area contributed by atoms with Crippen LogP contribution in [0.4, 0.5) is 0 Å². The van der Waals surface area contributed by atoms with Crippen molar-refractivity contribution in [2.75, 3.05) is 6.54 Å². The predicted molar refractivity (Wildman–Crippen MR) is 74.2 cm³/mol. The van der Waals surface area contributed by atoms with Gasteiger partial charge in [0.15, 0.2) is 0 Å². The molecule has 0 fully saturated rings. The Bertz CT molecular complexity index is 459. The molecule has 5 N–H and O–H groups in total. The van der Waals surface area contributed by atoms with Crippen molar-refractivity contribution < 1.29 is 19.8 Å². The molecule has 110 valence electrons. The molecule has 1 aromatic carbocycles. The topological polar surface area (TPSA) is 113 Å². The molecule has 1 aromatic rings. The van der Waals surface area contributed by atoms with Crippen molar-refractivity contribution in [3.05, 3.63) is 29.8 Å². The van der Waals surface area contributed by atoms with E-state index in [0.29, 0.717) is 12.8 Å². The number of hydrogen-bond donors (Lipinski definition) is 4. The fourth-order valence-electron chi connectivity index (χ4n) is 1.65. The lowest BCUT2D eigenvalue weighted by molar-refractivity contribution is -0.141. The number of aliphatic carboxylic acids is 1. The van der Waals surface area contributed by atoms with Gasteiger partial charge in [-0.25, -0.2) is 0 Å². The van der Waals surface area contributed by atoms with Gasteiger partial charge in [-0.1, -0.05) is 19.1 Å². The van der Waals surface area contributed by atoms with E-state index >= 15 is 0 Å². The van der Waals surface area contributed by atoms with E-state index in [1.54, 1.807) is 19.1 Å². The smallest absolute Gasteiger partial charge is 0.306 e. The van der Waals surface area contributed by atoms with Crippen LogP contribution >= 0.6 is 0 Å². The number of carboxylic acid groups (broad SMARTS) is 1. The molecule has 0 saturated heterocycles. The van der Waals surface area contributed by atoms with Crippen molar-refractivity contribution >= 4 is 11.9 Å². The Labute approximate surface area is 117 Å². The number of phenolic OH excluding ortho intramolecular Hbond substituents is 1. The zero-order valence-corrected chi connectivity index (χ0v) is 11.4. The summed E-state index contributed by atoms with van der Waals surface area (Å²) in [6.45, 7) is 1.88. The molecular formula is C14H20N2O4. The standard InChI is InChI=1S/C14H20N2O4/c1-9(14(19)20)6-7-16-13(18)12(15)8-10-2-4-11(17)5-3-10/h2-5,9,12,17H,6-8,15H2,1H3,(H,16,18)(H,19,20)/t9?,12-/m1/s1. The highest BCUT2D eigenvalue weighted by Crippen LogP contribution is 2.10. The van der Waals surface area contributed by atoms with Crippen LogP contribution in [0.2, 0.25) is 0 Å². The normalized spacial score (nSPS) is 13.5. The summed E-state index contributed by atoms with van der Waals surface area (Å²) in [5.74, 6) is -1.53. The molecular weight excluding hydrogens is 260 g/mol. The summed E-state index contributed by atoms with van der Waals surface area (Å²) in [6.07, 6.45) is 0.730. The van der Waals surface area contributed by atoms with Gasteiger partial charge in [-0.2, -0.15) is 0 Å². The third-order valence-electron chi connectivity index (χ3n) is 3.03. The van der Waals surface area contributed by atoms with Crippen LogP contribution in [0.5, 0.6) is 5.75 Å². The van der Waals surface area contributed by atoms with Gasteiger partial charge < -0.3 is 21.3 Å². The number of hydrogen-bond acceptors (Lipinski definition) is 4. The maximum atomic E-state index is 11.7. The zero-order valence-electron chi connectivity index (χ0n) is 11.4. The van der Waals surface area contributed by atoms with Gasteiger partial charge in [0.25, 0.3) is 0 Å². The maximum absolute atomic E-state index is 11.7. The largest absolute Gasteiger partial charge is 0.508 e. The molecule has 0 heterocycles. The molecule has 0 aliphatic rings. The Morgan fingerprint density at radius 3 is 2.45 bits per heavy atom. The summed E-state index contributed by atoms with van der Waals surface area (Å²) in [6, 6.07) is 5.78. The minimum atomic E-state index is -0.882. The van der Waals surface area contributed by atoms with Crippen LogP contribution in [0.1, 0.15) is 18.9 Å². The molecule has 0 aliphatic carbocycles. The van der Waals surface area contributed by atoms with Gasteiger partial charge in [-0.15, -0.1) is 0 Å². The van der Waals surface area contributed by atoms with Crippen molar-refractivity contribution in [2.45, 2.75) is 25.8 Å². The fraction of sp³-hybridized carbons (Fsp3) is 0.429. The highest BCUT2D eigenvalue weighted by atomic mass is 16.4. The van der Waals surface area contributed by atoms with E-state index in [9.17, 15) is 9.59 Å². The van der Waals surface area contributed by atoms with Crippen LogP contribution in [-0.4, -0.2) is 34.7 Å². The minimum Gasteiger partial charge on any atom is -0.508 e. The lowest BCUT2D eigenvalue weighted by atomic mass is 10.1. The van der Waals surface area contributed by atoms with Crippen LogP contribution in [0.25, 0.3) is 0 Å². The highest BCUT2D eigenvalue weighted by molar-refractivity contribution is 5.81. The second kappa shape index (κ2) is 7.49. The van der Waals surface area contributed by atoms with Crippen LogP contribution in [0, 0.1) is 5.92 Å². The number of phenols is 1. The third-order valence-corrected chi connectivity index (χ3v) is 3.03. The Kier molecular flexibility index (Phi) is 5.99. The van der Waals surface area contributed by atoms with Gasteiger partial charge in [0.05, 0.1) is 12.0 Å². The molecule has 2 atom stereocenters. The molecule has 6 nitrogen and oxygen atoms in total. The molecule has 0 spiro atoms. The van der Waals surface area contributed by atoms with E-state index in [-0.39, 0.29) is 18.2 Å². The van der Waals surface area contributed by atoms with E-state index in [4.69, 9.17) is 15.9 Å². The van der Waals surface area contributed by atoms with Crippen LogP contribution in [0.3, 0.4) is 0 Å². The Morgan fingerprint density at radius 2 is 1.90 bits per heavy atom. The first-order valence-corrected chi connectivity index (χ1v) is 6.44. The molecule has 0 bridgehead atoms. The lowest BCUT2D eigenvalue weighted by Crippen LogP contribution is -2.42. The van der Waals surface area contributed by atoms with E-state index in [1.807, 2.05) is 0 Å². The molecule has 20 heavy (non-hydrogen) atoms. The number of carbonyl (C=O) groups excluding carboxylic acids is 1. The van der Waals surface area contributed by atoms with Crippen molar-refractivity contribution in [2.24, 2.45) is 11.7 Å². The van der Waals surface area contributed by atoms with Crippen molar-refractivity contribution in [1.82, 2.24) is 5.32 Å². The van der Waals surface area contributed by atoms with E-state index in [2.05, 4.69) is 5.32 Å². The van der Waals surface area contributed by atoms with E-state index in [1.165, 1.54) is 12.1 Å². The molecule has 0 saturated carbocycles. The third kappa shape index (κ3) is 5.27. The fourth-order valence-corrected chi connectivity index (χ4v) is 1.65.